The Morgan fingerprint density at radius 3 is 2.36 bits per heavy atom. The Bertz CT molecular complexity index is 555. The molecule has 120 valence electrons. The second kappa shape index (κ2) is 7.86. The van der Waals surface area contributed by atoms with Crippen molar-refractivity contribution in [1.29, 1.82) is 5.41 Å². The number of halogens is 3. The first-order valence-electron chi connectivity index (χ1n) is 6.36. The summed E-state index contributed by atoms with van der Waals surface area (Å²) in [4.78, 5) is 11.3. The third-order valence-corrected chi connectivity index (χ3v) is 3.23. The fraction of sp³-hybridized carbons (Fsp3) is 0.333. The van der Waals surface area contributed by atoms with E-state index in [1.165, 1.54) is 6.92 Å². The molecule has 0 radical (unpaired) electrons. The Morgan fingerprint density at radius 2 is 1.86 bits per heavy atom. The van der Waals surface area contributed by atoms with Gasteiger partial charge in [0.2, 0.25) is 5.90 Å². The van der Waals surface area contributed by atoms with Crippen molar-refractivity contribution in [3.63, 3.8) is 0 Å². The van der Waals surface area contributed by atoms with E-state index in [4.69, 9.17) is 49.7 Å². The van der Waals surface area contributed by atoms with Gasteiger partial charge in [0.15, 0.2) is 5.60 Å². The standard InChI is InChI=1S/C15H16Cl3NO3/c1-11(20)22-14(2,12-7-4-3-5-8-12)9-6-10-21-13(19)15(16,17)18/h3-9,19H,10H2,1-2H3/b9-6-,19-13?. The summed E-state index contributed by atoms with van der Waals surface area (Å²) in [6, 6.07) is 9.25. The lowest BCUT2D eigenvalue weighted by molar-refractivity contribution is -0.151. The molecule has 0 spiro atoms. The van der Waals surface area contributed by atoms with Gasteiger partial charge < -0.3 is 9.47 Å². The van der Waals surface area contributed by atoms with E-state index in [-0.39, 0.29) is 6.61 Å². The van der Waals surface area contributed by atoms with Crippen molar-refractivity contribution in [3.8, 4) is 0 Å². The molecule has 1 unspecified atom stereocenters. The molecule has 0 bridgehead atoms. The monoisotopic (exact) mass is 363 g/mol. The Labute approximate surface area is 144 Å². The van der Waals surface area contributed by atoms with Crippen LogP contribution in [0.15, 0.2) is 42.5 Å². The highest BCUT2D eigenvalue weighted by molar-refractivity contribution is 6.76. The number of carbonyl (C=O) groups excluding carboxylic acids is 1. The van der Waals surface area contributed by atoms with Crippen molar-refractivity contribution in [2.24, 2.45) is 0 Å². The number of ether oxygens (including phenoxy) is 2. The van der Waals surface area contributed by atoms with E-state index in [1.54, 1.807) is 19.1 Å². The van der Waals surface area contributed by atoms with Crippen molar-refractivity contribution in [1.82, 2.24) is 0 Å². The van der Waals surface area contributed by atoms with Gasteiger partial charge in [0, 0.05) is 6.92 Å². The Hall–Kier alpha value is -1.23. The average molecular weight is 365 g/mol. The summed E-state index contributed by atoms with van der Waals surface area (Å²) in [6.07, 6.45) is 3.26. The molecule has 22 heavy (non-hydrogen) atoms. The van der Waals surface area contributed by atoms with Crippen LogP contribution < -0.4 is 0 Å². The van der Waals surface area contributed by atoms with E-state index in [1.807, 2.05) is 30.3 Å². The highest BCUT2D eigenvalue weighted by atomic mass is 35.6. The molecule has 1 N–H and O–H groups in total. The van der Waals surface area contributed by atoms with Crippen molar-refractivity contribution < 1.29 is 14.3 Å². The number of hydrogen-bond donors (Lipinski definition) is 1. The van der Waals surface area contributed by atoms with Gasteiger partial charge in [-0.1, -0.05) is 65.1 Å². The van der Waals surface area contributed by atoms with Gasteiger partial charge in [-0.3, -0.25) is 10.2 Å². The molecule has 0 aromatic heterocycles. The summed E-state index contributed by atoms with van der Waals surface area (Å²) in [5.74, 6) is -0.887. The minimum Gasteiger partial charge on any atom is -0.474 e. The van der Waals surface area contributed by atoms with Crippen LogP contribution in [-0.2, 0) is 19.9 Å². The van der Waals surface area contributed by atoms with Crippen LogP contribution in [0.1, 0.15) is 19.4 Å². The fourth-order valence-corrected chi connectivity index (χ4v) is 1.91. The topological polar surface area (TPSA) is 59.4 Å². The smallest absolute Gasteiger partial charge is 0.303 e. The normalized spacial score (nSPS) is 14.4. The van der Waals surface area contributed by atoms with Gasteiger partial charge in [-0.15, -0.1) is 0 Å². The number of esters is 1. The van der Waals surface area contributed by atoms with Gasteiger partial charge >= 0.3 is 5.97 Å². The second-order valence-corrected chi connectivity index (χ2v) is 6.89. The molecule has 7 heteroatoms. The first kappa shape index (κ1) is 18.8. The number of carbonyl (C=O) groups is 1. The maximum Gasteiger partial charge on any atom is 0.303 e. The van der Waals surface area contributed by atoms with Crippen LogP contribution in [0.5, 0.6) is 0 Å². The Kier molecular flexibility index (Phi) is 6.72. The zero-order valence-corrected chi connectivity index (χ0v) is 14.4. The maximum absolute atomic E-state index is 11.3. The molecule has 1 aromatic rings. The number of nitrogens with one attached hydrogen (secondary N) is 1. The predicted molar refractivity (Wildman–Crippen MR) is 88.7 cm³/mol. The zero-order chi connectivity index (χ0) is 16.8. The summed E-state index contributed by atoms with van der Waals surface area (Å²) in [7, 11) is 0. The molecule has 0 aliphatic carbocycles. The minimum absolute atomic E-state index is 0.0103. The first-order valence-corrected chi connectivity index (χ1v) is 7.50. The van der Waals surface area contributed by atoms with E-state index in [9.17, 15) is 4.79 Å². The Balaban J connectivity index is 2.80. The second-order valence-electron chi connectivity index (χ2n) is 4.61. The van der Waals surface area contributed by atoms with Crippen LogP contribution in [0.2, 0.25) is 0 Å². The molecular formula is C15H16Cl3NO3. The molecule has 0 aliphatic rings. The molecule has 0 saturated carbocycles. The number of alkyl halides is 3. The van der Waals surface area contributed by atoms with Crippen molar-refractivity contribution in [2.75, 3.05) is 6.61 Å². The quantitative estimate of drug-likeness (QED) is 0.277. The van der Waals surface area contributed by atoms with Gasteiger partial charge in [0.25, 0.3) is 3.79 Å². The van der Waals surface area contributed by atoms with E-state index in [2.05, 4.69) is 0 Å². The van der Waals surface area contributed by atoms with E-state index in [0.29, 0.717) is 0 Å². The van der Waals surface area contributed by atoms with E-state index >= 15 is 0 Å². The van der Waals surface area contributed by atoms with Gasteiger partial charge in [-0.2, -0.15) is 0 Å². The highest BCUT2D eigenvalue weighted by Gasteiger charge is 2.29. The molecule has 1 atom stereocenters. The largest absolute Gasteiger partial charge is 0.474 e. The third kappa shape index (κ3) is 5.87. The molecule has 1 rings (SSSR count). The van der Waals surface area contributed by atoms with Crippen molar-refractivity contribution in [3.05, 3.63) is 48.0 Å². The van der Waals surface area contributed by atoms with Crippen LogP contribution in [0, 0.1) is 5.41 Å². The van der Waals surface area contributed by atoms with E-state index in [0.717, 1.165) is 5.56 Å². The van der Waals surface area contributed by atoms with Crippen LogP contribution in [0.25, 0.3) is 0 Å². The van der Waals surface area contributed by atoms with Crippen LogP contribution in [0.4, 0.5) is 0 Å². The zero-order valence-electron chi connectivity index (χ0n) is 12.1. The molecule has 0 fully saturated rings. The minimum atomic E-state index is -1.90. The van der Waals surface area contributed by atoms with Gasteiger partial charge in [0.05, 0.1) is 0 Å². The molecule has 4 nitrogen and oxygen atoms in total. The molecule has 0 aliphatic heterocycles. The maximum atomic E-state index is 11.3. The first-order chi connectivity index (χ1) is 10.1. The molecule has 0 saturated heterocycles. The SMILES string of the molecule is CC(=O)OC(C)(/C=C\COC(=N)C(Cl)(Cl)Cl)c1ccccc1. The van der Waals surface area contributed by atoms with Crippen LogP contribution in [-0.4, -0.2) is 22.3 Å². The van der Waals surface area contributed by atoms with Crippen LogP contribution in [0.3, 0.4) is 0 Å². The van der Waals surface area contributed by atoms with Crippen molar-refractivity contribution >= 4 is 46.7 Å². The summed E-state index contributed by atoms with van der Waals surface area (Å²) >= 11 is 16.5. The summed E-state index contributed by atoms with van der Waals surface area (Å²) in [5, 5.41) is 7.41. The predicted octanol–water partition coefficient (Wildman–Crippen LogP) is 4.39. The molecule has 1 aromatic carbocycles. The molecular weight excluding hydrogens is 349 g/mol. The average Bonchev–Trinajstić information content (AvgIpc) is 2.42. The molecule has 0 heterocycles. The van der Waals surface area contributed by atoms with Crippen molar-refractivity contribution in [2.45, 2.75) is 23.2 Å². The van der Waals surface area contributed by atoms with E-state index < -0.39 is 21.3 Å². The lowest BCUT2D eigenvalue weighted by Gasteiger charge is -2.26. The summed E-state index contributed by atoms with van der Waals surface area (Å²) < 4.78 is 8.49. The Morgan fingerprint density at radius 1 is 1.27 bits per heavy atom. The third-order valence-electron chi connectivity index (χ3n) is 2.72. The van der Waals surface area contributed by atoms with Gasteiger partial charge in [-0.25, -0.2) is 0 Å². The lowest BCUT2D eigenvalue weighted by Crippen LogP contribution is -2.26. The highest BCUT2D eigenvalue weighted by Crippen LogP contribution is 2.29. The van der Waals surface area contributed by atoms with Gasteiger partial charge in [-0.05, 0) is 24.6 Å². The lowest BCUT2D eigenvalue weighted by atomic mass is 9.95. The molecule has 0 amide bonds. The summed E-state index contributed by atoms with van der Waals surface area (Å²) in [5.41, 5.74) is -0.142. The van der Waals surface area contributed by atoms with Gasteiger partial charge in [0.1, 0.15) is 6.61 Å². The van der Waals surface area contributed by atoms with Crippen LogP contribution >= 0.6 is 34.8 Å². The summed E-state index contributed by atoms with van der Waals surface area (Å²) in [6.45, 7) is 3.10. The number of benzene rings is 1. The fourth-order valence-electron chi connectivity index (χ4n) is 1.74. The number of rotatable bonds is 5. The number of hydrogen-bond acceptors (Lipinski definition) is 4.